The Kier molecular flexibility index (Phi) is 5.68. The highest BCUT2D eigenvalue weighted by Gasteiger charge is 2.29. The molecule has 2 amide bonds. The number of hydrogen-bond acceptors (Lipinski definition) is 6. The second-order valence-corrected chi connectivity index (χ2v) is 8.04. The molecule has 1 aromatic heterocycles. The average Bonchev–Trinajstić information content (AvgIpc) is 3.35. The highest BCUT2D eigenvalue weighted by atomic mass is 32.1. The molecule has 4 rings (SSSR count). The monoisotopic (exact) mass is 437 g/mol. The van der Waals surface area contributed by atoms with Gasteiger partial charge in [0.15, 0.2) is 5.13 Å². The van der Waals surface area contributed by atoms with Crippen molar-refractivity contribution in [1.29, 1.82) is 0 Å². The number of anilines is 1. The summed E-state index contributed by atoms with van der Waals surface area (Å²) in [6, 6.07) is 15.0. The number of nitrogens with zero attached hydrogens (tertiary/aromatic N) is 1. The number of carboxylic acid groups (broad SMARTS) is 1. The molecule has 31 heavy (non-hydrogen) atoms. The van der Waals surface area contributed by atoms with E-state index in [1.165, 1.54) is 13.1 Å². The van der Waals surface area contributed by atoms with E-state index in [0.717, 1.165) is 33.6 Å². The van der Waals surface area contributed by atoms with Crippen molar-refractivity contribution in [2.24, 2.45) is 0 Å². The summed E-state index contributed by atoms with van der Waals surface area (Å²) in [5, 5.41) is 13.9. The Hall–Kier alpha value is -3.72. The number of ether oxygens (including phenoxy) is 1. The fraction of sp³-hybridized carbons (Fsp3) is 0.182. The van der Waals surface area contributed by atoms with Crippen molar-refractivity contribution in [2.45, 2.75) is 18.9 Å². The van der Waals surface area contributed by atoms with E-state index in [0.29, 0.717) is 0 Å². The van der Waals surface area contributed by atoms with Gasteiger partial charge in [0.2, 0.25) is 0 Å². The molecule has 1 atom stereocenters. The number of carboxylic acids is 1. The summed E-state index contributed by atoms with van der Waals surface area (Å²) in [5.41, 5.74) is 4.49. The molecule has 0 saturated carbocycles. The van der Waals surface area contributed by atoms with Gasteiger partial charge in [0.1, 0.15) is 17.5 Å². The fourth-order valence-electron chi connectivity index (χ4n) is 3.49. The third kappa shape index (κ3) is 4.26. The maximum atomic E-state index is 12.3. The summed E-state index contributed by atoms with van der Waals surface area (Å²) >= 11 is 0.930. The molecule has 158 valence electrons. The SMILES string of the molecule is C[C@H](NC(=O)c1cnc(NC(=O)OCC2c3ccccc3-c3ccccc32)s1)C(=O)O. The van der Waals surface area contributed by atoms with Crippen molar-refractivity contribution in [3.05, 3.63) is 70.7 Å². The number of amides is 2. The molecule has 0 aliphatic heterocycles. The third-order valence-corrected chi connectivity index (χ3v) is 5.91. The Labute approximate surface area is 181 Å². The Balaban J connectivity index is 1.38. The number of nitrogens with one attached hydrogen (secondary N) is 2. The number of carbonyl (C=O) groups excluding carboxylic acids is 2. The number of aromatic nitrogens is 1. The van der Waals surface area contributed by atoms with Crippen LogP contribution in [0, 0.1) is 0 Å². The third-order valence-electron chi connectivity index (χ3n) is 5.00. The maximum Gasteiger partial charge on any atom is 0.413 e. The minimum Gasteiger partial charge on any atom is -0.480 e. The second kappa shape index (κ2) is 8.57. The zero-order valence-corrected chi connectivity index (χ0v) is 17.3. The van der Waals surface area contributed by atoms with Gasteiger partial charge in [0.05, 0.1) is 6.20 Å². The van der Waals surface area contributed by atoms with Crippen LogP contribution < -0.4 is 10.6 Å². The largest absolute Gasteiger partial charge is 0.480 e. The fourth-order valence-corrected chi connectivity index (χ4v) is 4.19. The predicted molar refractivity (Wildman–Crippen MR) is 115 cm³/mol. The van der Waals surface area contributed by atoms with Crippen molar-refractivity contribution >= 4 is 34.4 Å². The first-order chi connectivity index (χ1) is 14.9. The van der Waals surface area contributed by atoms with Crippen molar-refractivity contribution in [3.8, 4) is 11.1 Å². The van der Waals surface area contributed by atoms with Crippen LogP contribution in [0.4, 0.5) is 9.93 Å². The smallest absolute Gasteiger partial charge is 0.413 e. The minimum atomic E-state index is -1.14. The quantitative estimate of drug-likeness (QED) is 0.541. The molecule has 0 saturated heterocycles. The number of hydrogen-bond donors (Lipinski definition) is 3. The van der Waals surface area contributed by atoms with Gasteiger partial charge in [0, 0.05) is 5.92 Å². The molecule has 1 heterocycles. The molecule has 0 fully saturated rings. The Bertz CT molecular complexity index is 1110. The number of carbonyl (C=O) groups is 3. The standard InChI is InChI=1S/C22H19N3O5S/c1-12(20(27)28)24-19(26)18-10-23-21(31-18)25-22(29)30-11-17-15-8-4-2-6-13(15)14-7-3-5-9-16(14)17/h2-10,12,17H,11H2,1H3,(H,24,26)(H,27,28)(H,23,25,29)/t12-/m0/s1. The van der Waals surface area contributed by atoms with Gasteiger partial charge < -0.3 is 15.2 Å². The first kappa shape index (κ1) is 20.5. The molecule has 3 N–H and O–H groups in total. The number of thiazole rings is 1. The molecular weight excluding hydrogens is 418 g/mol. The van der Waals surface area contributed by atoms with Crippen LogP contribution >= 0.6 is 11.3 Å². The van der Waals surface area contributed by atoms with Crippen LogP contribution in [0.15, 0.2) is 54.7 Å². The van der Waals surface area contributed by atoms with Crippen molar-refractivity contribution in [1.82, 2.24) is 10.3 Å². The Morgan fingerprint density at radius 1 is 1.10 bits per heavy atom. The molecule has 1 aliphatic carbocycles. The predicted octanol–water partition coefficient (Wildman–Crippen LogP) is 3.71. The van der Waals surface area contributed by atoms with E-state index in [1.807, 2.05) is 36.4 Å². The van der Waals surface area contributed by atoms with E-state index >= 15 is 0 Å². The van der Waals surface area contributed by atoms with Gasteiger partial charge in [-0.2, -0.15) is 0 Å². The Morgan fingerprint density at radius 3 is 2.32 bits per heavy atom. The van der Waals surface area contributed by atoms with E-state index in [4.69, 9.17) is 9.84 Å². The summed E-state index contributed by atoms with van der Waals surface area (Å²) in [4.78, 5) is 39.4. The van der Waals surface area contributed by atoms with E-state index in [2.05, 4.69) is 27.8 Å². The van der Waals surface area contributed by atoms with E-state index in [-0.39, 0.29) is 22.5 Å². The molecule has 0 unspecified atom stereocenters. The second-order valence-electron chi connectivity index (χ2n) is 7.01. The number of rotatable bonds is 6. The summed E-state index contributed by atoms with van der Waals surface area (Å²) < 4.78 is 5.45. The minimum absolute atomic E-state index is 0.0618. The van der Waals surface area contributed by atoms with Crippen LogP contribution in [-0.2, 0) is 9.53 Å². The number of aliphatic carboxylic acids is 1. The molecule has 1 aliphatic rings. The van der Waals surface area contributed by atoms with Crippen LogP contribution in [0.1, 0.15) is 33.6 Å². The number of fused-ring (bicyclic) bond motifs is 3. The maximum absolute atomic E-state index is 12.3. The van der Waals surface area contributed by atoms with Gasteiger partial charge in [-0.25, -0.2) is 9.78 Å². The summed E-state index contributed by atoms with van der Waals surface area (Å²) in [6.45, 7) is 1.52. The van der Waals surface area contributed by atoms with Gasteiger partial charge in [-0.3, -0.25) is 14.9 Å². The lowest BCUT2D eigenvalue weighted by Crippen LogP contribution is -2.37. The average molecular weight is 437 g/mol. The zero-order valence-electron chi connectivity index (χ0n) is 16.5. The van der Waals surface area contributed by atoms with Crippen molar-refractivity contribution < 1.29 is 24.2 Å². The molecule has 3 aromatic rings. The van der Waals surface area contributed by atoms with E-state index in [9.17, 15) is 14.4 Å². The molecule has 0 bridgehead atoms. The van der Waals surface area contributed by atoms with E-state index < -0.39 is 24.0 Å². The highest BCUT2D eigenvalue weighted by molar-refractivity contribution is 7.17. The molecule has 8 nitrogen and oxygen atoms in total. The van der Waals surface area contributed by atoms with Crippen LogP contribution in [0.5, 0.6) is 0 Å². The first-order valence-electron chi connectivity index (χ1n) is 9.55. The molecule has 2 aromatic carbocycles. The highest BCUT2D eigenvalue weighted by Crippen LogP contribution is 2.44. The molecular formula is C22H19N3O5S. The van der Waals surface area contributed by atoms with Gasteiger partial charge in [-0.15, -0.1) is 0 Å². The van der Waals surface area contributed by atoms with Gasteiger partial charge >= 0.3 is 12.1 Å². The van der Waals surface area contributed by atoms with Crippen molar-refractivity contribution in [3.63, 3.8) is 0 Å². The summed E-state index contributed by atoms with van der Waals surface area (Å²) in [6.07, 6.45) is 0.593. The van der Waals surface area contributed by atoms with Gasteiger partial charge in [-0.05, 0) is 29.2 Å². The van der Waals surface area contributed by atoms with Gasteiger partial charge in [0.25, 0.3) is 5.91 Å². The molecule has 9 heteroatoms. The first-order valence-corrected chi connectivity index (χ1v) is 10.4. The van der Waals surface area contributed by atoms with Gasteiger partial charge in [-0.1, -0.05) is 59.9 Å². The van der Waals surface area contributed by atoms with Crippen LogP contribution in [0.2, 0.25) is 0 Å². The van der Waals surface area contributed by atoms with Crippen LogP contribution in [0.25, 0.3) is 11.1 Å². The summed E-state index contributed by atoms with van der Waals surface area (Å²) in [5.74, 6) is -1.78. The lowest BCUT2D eigenvalue weighted by Gasteiger charge is -2.14. The number of benzene rings is 2. The van der Waals surface area contributed by atoms with Crippen LogP contribution in [-0.4, -0.2) is 40.7 Å². The van der Waals surface area contributed by atoms with Crippen LogP contribution in [0.3, 0.4) is 0 Å². The zero-order chi connectivity index (χ0) is 22.0. The normalized spacial score (nSPS) is 13.1. The molecule has 0 radical (unpaired) electrons. The van der Waals surface area contributed by atoms with Crippen molar-refractivity contribution in [2.75, 3.05) is 11.9 Å². The van der Waals surface area contributed by atoms with E-state index in [1.54, 1.807) is 0 Å². The topological polar surface area (TPSA) is 118 Å². The summed E-state index contributed by atoms with van der Waals surface area (Å²) in [7, 11) is 0. The lowest BCUT2D eigenvalue weighted by molar-refractivity contribution is -0.138. The Morgan fingerprint density at radius 2 is 1.71 bits per heavy atom. The lowest BCUT2D eigenvalue weighted by atomic mass is 9.98. The molecule has 0 spiro atoms.